The summed E-state index contributed by atoms with van der Waals surface area (Å²) in [5, 5.41) is 0. The molecule has 0 aromatic carbocycles. The molecule has 6 N–H and O–H groups in total. The Morgan fingerprint density at radius 3 is 2.25 bits per heavy atom. The van der Waals surface area contributed by atoms with Gasteiger partial charge in [-0.15, -0.1) is 0 Å². The van der Waals surface area contributed by atoms with Gasteiger partial charge in [0.25, 0.3) is 0 Å². The van der Waals surface area contributed by atoms with E-state index in [1.165, 1.54) is 0 Å². The second-order valence-electron chi connectivity index (χ2n) is 3.60. The molecule has 0 radical (unpaired) electrons. The second kappa shape index (κ2) is 9.26. The van der Waals surface area contributed by atoms with Gasteiger partial charge in [-0.05, 0) is 19.4 Å². The Hall–Kier alpha value is -0.980. The Balaban J connectivity index is 3.59. The number of rotatable bonds is 8. The number of esters is 2. The average Bonchev–Trinajstić information content (AvgIpc) is 2.28. The molecule has 0 aliphatic heterocycles. The molecule has 6 nitrogen and oxygen atoms in total. The third kappa shape index (κ3) is 7.33. The van der Waals surface area contributed by atoms with E-state index in [0.29, 0.717) is 13.0 Å². The van der Waals surface area contributed by atoms with Crippen LogP contribution in [-0.2, 0) is 14.3 Å². The van der Waals surface area contributed by atoms with E-state index in [-0.39, 0.29) is 6.54 Å². The van der Waals surface area contributed by atoms with Gasteiger partial charge in [0.2, 0.25) is 0 Å². The topological polar surface area (TPSA) is 121 Å². The maximum absolute atomic E-state index is 11.2. The molecule has 0 spiro atoms. The monoisotopic (exact) mass is 231 g/mol. The predicted molar refractivity (Wildman–Crippen MR) is 60.3 cm³/mol. The molecule has 6 heteroatoms. The highest BCUT2D eigenvalue weighted by molar-refractivity contribution is 5.88. The van der Waals surface area contributed by atoms with Crippen LogP contribution in [0.1, 0.15) is 32.1 Å². The molecule has 0 heterocycles. The molecule has 0 aliphatic rings. The van der Waals surface area contributed by atoms with Crippen molar-refractivity contribution in [3.63, 3.8) is 0 Å². The van der Waals surface area contributed by atoms with Gasteiger partial charge in [0.1, 0.15) is 6.04 Å². The number of hydrogen-bond donors (Lipinski definition) is 3. The van der Waals surface area contributed by atoms with E-state index in [0.717, 1.165) is 25.7 Å². The molecule has 0 bridgehead atoms. The first-order chi connectivity index (χ1) is 7.61. The summed E-state index contributed by atoms with van der Waals surface area (Å²) < 4.78 is 4.39. The lowest BCUT2D eigenvalue weighted by Gasteiger charge is -2.09. The van der Waals surface area contributed by atoms with E-state index in [2.05, 4.69) is 4.74 Å². The van der Waals surface area contributed by atoms with E-state index in [1.54, 1.807) is 0 Å². The maximum atomic E-state index is 11.2. The molecule has 0 aromatic rings. The third-order valence-corrected chi connectivity index (χ3v) is 2.15. The lowest BCUT2D eigenvalue weighted by atomic mass is 10.1. The van der Waals surface area contributed by atoms with Crippen LogP contribution < -0.4 is 17.2 Å². The summed E-state index contributed by atoms with van der Waals surface area (Å²) in [7, 11) is 0. The predicted octanol–water partition coefficient (Wildman–Crippen LogP) is -0.749. The third-order valence-electron chi connectivity index (χ3n) is 2.15. The molecule has 0 rings (SSSR count). The molecule has 0 saturated carbocycles. The summed E-state index contributed by atoms with van der Waals surface area (Å²) in [5.41, 5.74) is 15.9. The lowest BCUT2D eigenvalue weighted by molar-refractivity contribution is -0.159. The number of unbranched alkanes of at least 4 members (excludes halogenated alkanes) is 3. The minimum atomic E-state index is -0.747. The Morgan fingerprint density at radius 1 is 1.06 bits per heavy atom. The van der Waals surface area contributed by atoms with Gasteiger partial charge in [0.05, 0.1) is 6.54 Å². The Kier molecular flexibility index (Phi) is 8.69. The Labute approximate surface area is 95.5 Å². The number of hydrogen-bond acceptors (Lipinski definition) is 6. The molecule has 0 aromatic heterocycles. The van der Waals surface area contributed by atoms with Crippen LogP contribution >= 0.6 is 0 Å². The molecule has 0 saturated heterocycles. The summed E-state index contributed by atoms with van der Waals surface area (Å²) in [5.74, 6) is -1.45. The zero-order valence-corrected chi connectivity index (χ0v) is 9.48. The fraction of sp³-hybridized carbons (Fsp3) is 0.800. The average molecular weight is 231 g/mol. The van der Waals surface area contributed by atoms with Crippen molar-refractivity contribution >= 4 is 11.9 Å². The number of ether oxygens (including phenoxy) is 1. The molecule has 0 fully saturated rings. The van der Waals surface area contributed by atoms with Crippen molar-refractivity contribution in [1.29, 1.82) is 0 Å². The zero-order chi connectivity index (χ0) is 12.4. The van der Waals surface area contributed by atoms with E-state index in [4.69, 9.17) is 17.2 Å². The number of carbonyl (C=O) groups is 2. The van der Waals surface area contributed by atoms with Gasteiger partial charge in [-0.1, -0.05) is 19.3 Å². The molecular weight excluding hydrogens is 210 g/mol. The van der Waals surface area contributed by atoms with E-state index in [9.17, 15) is 9.59 Å². The van der Waals surface area contributed by atoms with E-state index >= 15 is 0 Å². The van der Waals surface area contributed by atoms with Gasteiger partial charge >= 0.3 is 11.9 Å². The number of nitrogens with two attached hydrogens (primary N) is 3. The normalized spacial score (nSPS) is 12.2. The lowest BCUT2D eigenvalue weighted by Crippen LogP contribution is -2.35. The zero-order valence-electron chi connectivity index (χ0n) is 9.48. The van der Waals surface area contributed by atoms with Crippen LogP contribution in [0.3, 0.4) is 0 Å². The van der Waals surface area contributed by atoms with Gasteiger partial charge in [-0.2, -0.15) is 0 Å². The summed E-state index contributed by atoms with van der Waals surface area (Å²) in [6.45, 7) is 0.369. The minimum Gasteiger partial charge on any atom is -0.391 e. The van der Waals surface area contributed by atoms with Gasteiger partial charge in [-0.3, -0.25) is 4.79 Å². The van der Waals surface area contributed by atoms with Crippen LogP contribution in [0.25, 0.3) is 0 Å². The highest BCUT2D eigenvalue weighted by Crippen LogP contribution is 2.05. The second-order valence-corrected chi connectivity index (χ2v) is 3.60. The largest absolute Gasteiger partial charge is 0.391 e. The van der Waals surface area contributed by atoms with Crippen molar-refractivity contribution < 1.29 is 14.3 Å². The van der Waals surface area contributed by atoms with Crippen LogP contribution in [0.2, 0.25) is 0 Å². The Morgan fingerprint density at radius 2 is 1.69 bits per heavy atom. The maximum Gasteiger partial charge on any atom is 0.330 e. The number of carbonyl (C=O) groups excluding carboxylic acids is 2. The molecule has 0 aliphatic carbocycles. The van der Waals surface area contributed by atoms with Crippen LogP contribution in [0.15, 0.2) is 0 Å². The fourth-order valence-electron chi connectivity index (χ4n) is 1.21. The molecular formula is C10H21N3O3. The van der Waals surface area contributed by atoms with Crippen LogP contribution in [0.4, 0.5) is 0 Å². The van der Waals surface area contributed by atoms with Gasteiger partial charge in [0, 0.05) is 0 Å². The quantitative estimate of drug-likeness (QED) is 0.287. The van der Waals surface area contributed by atoms with Crippen molar-refractivity contribution in [2.45, 2.75) is 38.1 Å². The van der Waals surface area contributed by atoms with Crippen molar-refractivity contribution in [3.8, 4) is 0 Å². The minimum absolute atomic E-state index is 0.311. The molecule has 1 atom stereocenters. The van der Waals surface area contributed by atoms with Gasteiger partial charge < -0.3 is 21.9 Å². The van der Waals surface area contributed by atoms with Crippen molar-refractivity contribution in [3.05, 3.63) is 0 Å². The Bertz CT molecular complexity index is 221. The SMILES string of the molecule is NCCCCCCC(N)C(=O)OC(=O)CN. The van der Waals surface area contributed by atoms with Crippen LogP contribution in [0.5, 0.6) is 0 Å². The standard InChI is InChI=1S/C10H21N3O3/c11-6-4-2-1-3-5-8(13)10(15)16-9(14)7-12/h8H,1-7,11-13H2. The van der Waals surface area contributed by atoms with E-state index in [1.807, 2.05) is 0 Å². The fourth-order valence-corrected chi connectivity index (χ4v) is 1.21. The van der Waals surface area contributed by atoms with E-state index < -0.39 is 18.0 Å². The first-order valence-electron chi connectivity index (χ1n) is 5.52. The summed E-state index contributed by atoms with van der Waals surface area (Å²) in [4.78, 5) is 21.9. The van der Waals surface area contributed by atoms with Gasteiger partial charge in [-0.25, -0.2) is 4.79 Å². The molecule has 1 unspecified atom stereocenters. The first-order valence-corrected chi connectivity index (χ1v) is 5.52. The highest BCUT2D eigenvalue weighted by atomic mass is 16.6. The van der Waals surface area contributed by atoms with Gasteiger partial charge in [0.15, 0.2) is 0 Å². The summed E-state index contributed by atoms with van der Waals surface area (Å²) in [6.07, 6.45) is 4.32. The molecule has 16 heavy (non-hydrogen) atoms. The summed E-state index contributed by atoms with van der Waals surface area (Å²) in [6, 6.07) is -0.742. The highest BCUT2D eigenvalue weighted by Gasteiger charge is 2.17. The van der Waals surface area contributed by atoms with Crippen molar-refractivity contribution in [1.82, 2.24) is 0 Å². The summed E-state index contributed by atoms with van der Waals surface area (Å²) >= 11 is 0. The smallest absolute Gasteiger partial charge is 0.330 e. The van der Waals surface area contributed by atoms with Crippen LogP contribution in [-0.4, -0.2) is 31.1 Å². The van der Waals surface area contributed by atoms with Crippen LogP contribution in [0, 0.1) is 0 Å². The molecule has 0 amide bonds. The van der Waals surface area contributed by atoms with Crippen molar-refractivity contribution in [2.75, 3.05) is 13.1 Å². The first kappa shape index (κ1) is 15.0. The molecule has 94 valence electrons. The van der Waals surface area contributed by atoms with Crippen molar-refractivity contribution in [2.24, 2.45) is 17.2 Å².